The molecule has 3 rings (SSSR count). The van der Waals surface area contributed by atoms with Crippen molar-refractivity contribution in [3.05, 3.63) is 11.7 Å². The van der Waals surface area contributed by atoms with Crippen molar-refractivity contribution in [3.8, 4) is 0 Å². The smallest absolute Gasteiger partial charge is 0.231 e. The van der Waals surface area contributed by atoms with Crippen LogP contribution < -0.4 is 5.32 Å². The van der Waals surface area contributed by atoms with Crippen LogP contribution in [-0.4, -0.2) is 36.4 Å². The molecule has 2 fully saturated rings. The fourth-order valence-electron chi connectivity index (χ4n) is 2.56. The lowest BCUT2D eigenvalue weighted by atomic mass is 9.82. The van der Waals surface area contributed by atoms with Crippen molar-refractivity contribution in [2.75, 3.05) is 26.3 Å². The number of rotatable bonds is 2. The second-order valence-electron chi connectivity index (χ2n) is 5.32. The van der Waals surface area contributed by atoms with Crippen LogP contribution in [0.3, 0.4) is 0 Å². The molecule has 1 N–H and O–H groups in total. The molecule has 0 radical (unpaired) electrons. The van der Waals surface area contributed by atoms with E-state index in [1.165, 1.54) is 0 Å². The summed E-state index contributed by atoms with van der Waals surface area (Å²) in [6, 6.07) is 0. The Bertz CT molecular complexity index is 379. The van der Waals surface area contributed by atoms with Gasteiger partial charge in [0, 0.05) is 25.2 Å². The van der Waals surface area contributed by atoms with Gasteiger partial charge >= 0.3 is 0 Å². The Morgan fingerprint density at radius 3 is 2.88 bits per heavy atom. The van der Waals surface area contributed by atoms with Crippen LogP contribution in [0, 0.1) is 0 Å². The first-order valence-corrected chi connectivity index (χ1v) is 6.40. The van der Waals surface area contributed by atoms with Crippen molar-refractivity contribution in [1.82, 2.24) is 15.5 Å². The summed E-state index contributed by atoms with van der Waals surface area (Å²) in [5.74, 6) is 2.07. The molecule has 1 aromatic heterocycles. The molecule has 17 heavy (non-hydrogen) atoms. The molecule has 1 aromatic rings. The standard InChI is InChI=1S/C12H19N3O2/c1-12(3-6-16-7-4-12)11-14-10(17-15-11)9-2-5-13-8-9/h9,13H,2-8H2,1H3. The first kappa shape index (κ1) is 11.2. The molecule has 0 spiro atoms. The highest BCUT2D eigenvalue weighted by Crippen LogP contribution is 2.33. The molecule has 2 aliphatic rings. The van der Waals surface area contributed by atoms with E-state index in [9.17, 15) is 0 Å². The van der Waals surface area contributed by atoms with Crippen LogP contribution in [0.1, 0.15) is 43.8 Å². The number of aromatic nitrogens is 2. The predicted molar refractivity (Wildman–Crippen MR) is 61.9 cm³/mol. The summed E-state index contributed by atoms with van der Waals surface area (Å²) in [6.07, 6.45) is 3.06. The molecule has 94 valence electrons. The van der Waals surface area contributed by atoms with E-state index in [0.717, 1.165) is 57.3 Å². The minimum atomic E-state index is 0.0338. The molecule has 0 bridgehead atoms. The van der Waals surface area contributed by atoms with Gasteiger partial charge < -0.3 is 14.6 Å². The molecule has 2 saturated heterocycles. The first-order chi connectivity index (χ1) is 8.28. The lowest BCUT2D eigenvalue weighted by molar-refractivity contribution is 0.0527. The monoisotopic (exact) mass is 237 g/mol. The van der Waals surface area contributed by atoms with E-state index >= 15 is 0 Å². The first-order valence-electron chi connectivity index (χ1n) is 6.40. The van der Waals surface area contributed by atoms with E-state index in [-0.39, 0.29) is 5.41 Å². The van der Waals surface area contributed by atoms with Crippen LogP contribution in [0.4, 0.5) is 0 Å². The predicted octanol–water partition coefficient (Wildman–Crippen LogP) is 1.21. The van der Waals surface area contributed by atoms with Crippen molar-refractivity contribution in [1.29, 1.82) is 0 Å². The third-order valence-corrected chi connectivity index (χ3v) is 3.99. The lowest BCUT2D eigenvalue weighted by Gasteiger charge is -2.30. The Balaban J connectivity index is 1.78. The van der Waals surface area contributed by atoms with Crippen LogP contribution >= 0.6 is 0 Å². The van der Waals surface area contributed by atoms with E-state index in [2.05, 4.69) is 22.4 Å². The molecule has 0 saturated carbocycles. The van der Waals surface area contributed by atoms with E-state index in [0.29, 0.717) is 5.92 Å². The molecule has 1 atom stereocenters. The largest absolute Gasteiger partial charge is 0.381 e. The van der Waals surface area contributed by atoms with Crippen LogP contribution in [0.25, 0.3) is 0 Å². The average Bonchev–Trinajstić information content (AvgIpc) is 3.01. The highest BCUT2D eigenvalue weighted by atomic mass is 16.5. The molecular weight excluding hydrogens is 218 g/mol. The minimum Gasteiger partial charge on any atom is -0.381 e. The quantitative estimate of drug-likeness (QED) is 0.838. The van der Waals surface area contributed by atoms with Crippen molar-refractivity contribution >= 4 is 0 Å². The molecule has 1 unspecified atom stereocenters. The molecule has 0 aliphatic carbocycles. The number of hydrogen-bond acceptors (Lipinski definition) is 5. The molecule has 2 aliphatic heterocycles. The average molecular weight is 237 g/mol. The summed E-state index contributed by atoms with van der Waals surface area (Å²) in [4.78, 5) is 4.61. The lowest BCUT2D eigenvalue weighted by Crippen LogP contribution is -2.31. The molecule has 5 heteroatoms. The zero-order chi connectivity index (χ0) is 11.7. The minimum absolute atomic E-state index is 0.0338. The van der Waals surface area contributed by atoms with Gasteiger partial charge in [-0.1, -0.05) is 12.1 Å². The van der Waals surface area contributed by atoms with Crippen molar-refractivity contribution in [2.24, 2.45) is 0 Å². The van der Waals surface area contributed by atoms with E-state index in [1.807, 2.05) is 0 Å². The fourth-order valence-corrected chi connectivity index (χ4v) is 2.56. The maximum absolute atomic E-state index is 5.43. The third-order valence-electron chi connectivity index (χ3n) is 3.99. The number of ether oxygens (including phenoxy) is 1. The van der Waals surface area contributed by atoms with Gasteiger partial charge in [0.05, 0.1) is 5.92 Å². The molecule has 0 amide bonds. The SMILES string of the molecule is CC1(c2noc(C3CCNC3)n2)CCOCC1. The Morgan fingerprint density at radius 1 is 1.35 bits per heavy atom. The number of nitrogens with zero attached hydrogens (tertiary/aromatic N) is 2. The fraction of sp³-hybridized carbons (Fsp3) is 0.833. The van der Waals surface area contributed by atoms with Gasteiger partial charge in [-0.3, -0.25) is 0 Å². The molecule has 3 heterocycles. The van der Waals surface area contributed by atoms with Gasteiger partial charge in [-0.05, 0) is 25.8 Å². The topological polar surface area (TPSA) is 60.2 Å². The maximum Gasteiger partial charge on any atom is 0.231 e. The number of nitrogens with one attached hydrogen (secondary N) is 1. The zero-order valence-electron chi connectivity index (χ0n) is 10.2. The van der Waals surface area contributed by atoms with Crippen LogP contribution in [0.2, 0.25) is 0 Å². The summed E-state index contributed by atoms with van der Waals surface area (Å²) in [5, 5.41) is 7.51. The van der Waals surface area contributed by atoms with Gasteiger partial charge in [0.15, 0.2) is 5.82 Å². The highest BCUT2D eigenvalue weighted by Gasteiger charge is 2.35. The zero-order valence-corrected chi connectivity index (χ0v) is 10.2. The van der Waals surface area contributed by atoms with Gasteiger partial charge in [-0.15, -0.1) is 0 Å². The van der Waals surface area contributed by atoms with Gasteiger partial charge in [-0.2, -0.15) is 4.98 Å². The Morgan fingerprint density at radius 2 is 2.18 bits per heavy atom. The Kier molecular flexibility index (Phi) is 2.88. The highest BCUT2D eigenvalue weighted by molar-refractivity contribution is 5.08. The summed E-state index contributed by atoms with van der Waals surface area (Å²) in [6.45, 7) is 5.81. The van der Waals surface area contributed by atoms with Crippen LogP contribution in [0.5, 0.6) is 0 Å². The van der Waals surface area contributed by atoms with Gasteiger partial charge in [-0.25, -0.2) is 0 Å². The van der Waals surface area contributed by atoms with Crippen molar-refractivity contribution in [2.45, 2.75) is 37.5 Å². The van der Waals surface area contributed by atoms with Crippen LogP contribution in [0.15, 0.2) is 4.52 Å². The Labute approximate surface area is 101 Å². The van der Waals surface area contributed by atoms with Crippen LogP contribution in [-0.2, 0) is 10.2 Å². The maximum atomic E-state index is 5.43. The normalized spacial score (nSPS) is 28.4. The summed E-state index contributed by atoms with van der Waals surface area (Å²) in [5.41, 5.74) is 0.0338. The summed E-state index contributed by atoms with van der Waals surface area (Å²) >= 11 is 0. The molecule has 5 nitrogen and oxygen atoms in total. The van der Waals surface area contributed by atoms with Gasteiger partial charge in [0.2, 0.25) is 5.89 Å². The van der Waals surface area contributed by atoms with E-state index in [1.54, 1.807) is 0 Å². The van der Waals surface area contributed by atoms with Gasteiger partial charge in [0.1, 0.15) is 0 Å². The Hall–Kier alpha value is -0.940. The second-order valence-corrected chi connectivity index (χ2v) is 5.32. The molecular formula is C12H19N3O2. The third kappa shape index (κ3) is 2.09. The molecule has 0 aromatic carbocycles. The number of hydrogen-bond donors (Lipinski definition) is 1. The van der Waals surface area contributed by atoms with E-state index in [4.69, 9.17) is 9.26 Å². The summed E-state index contributed by atoms with van der Waals surface area (Å²) < 4.78 is 10.8. The van der Waals surface area contributed by atoms with E-state index < -0.39 is 0 Å². The van der Waals surface area contributed by atoms with Crippen molar-refractivity contribution < 1.29 is 9.26 Å². The van der Waals surface area contributed by atoms with Gasteiger partial charge in [0.25, 0.3) is 0 Å². The second kappa shape index (κ2) is 4.38. The van der Waals surface area contributed by atoms with Crippen molar-refractivity contribution in [3.63, 3.8) is 0 Å². The summed E-state index contributed by atoms with van der Waals surface area (Å²) in [7, 11) is 0.